The molecule has 3 N–H and O–H groups in total. The van der Waals surface area contributed by atoms with Crippen LogP contribution in [0, 0.1) is 0 Å². The zero-order chi connectivity index (χ0) is 21.7. The summed E-state index contributed by atoms with van der Waals surface area (Å²) in [5.41, 5.74) is 6.60. The number of rotatable bonds is 6. The number of nitrogens with zero attached hydrogens (tertiary/aromatic N) is 1. The molecular weight excluding hydrogens is 395 g/mol. The van der Waals surface area contributed by atoms with Gasteiger partial charge in [0.15, 0.2) is 0 Å². The Morgan fingerprint density at radius 3 is 2.50 bits per heavy atom. The van der Waals surface area contributed by atoms with Crippen LogP contribution in [-0.4, -0.2) is 35.3 Å². The van der Waals surface area contributed by atoms with E-state index in [9.17, 15) is 22.8 Å². The zero-order valence-electron chi connectivity index (χ0n) is 16.4. The van der Waals surface area contributed by atoms with Gasteiger partial charge in [-0.15, -0.1) is 0 Å². The number of likely N-dealkylation sites (tertiary alicyclic amines) is 1. The Morgan fingerprint density at radius 1 is 1.10 bits per heavy atom. The van der Waals surface area contributed by atoms with Crippen molar-refractivity contribution in [2.45, 2.75) is 44.1 Å². The van der Waals surface area contributed by atoms with Crippen molar-refractivity contribution < 1.29 is 22.8 Å². The quantitative estimate of drug-likeness (QED) is 0.756. The summed E-state index contributed by atoms with van der Waals surface area (Å²) in [6.45, 7) is 0.389. The van der Waals surface area contributed by atoms with E-state index < -0.39 is 23.8 Å². The SMILES string of the molecule is N[C@H](Cc1ccccc1)C(=O)N1CCC[C@H]1C(=O)NCc1cccc(C(F)(F)F)c1. The van der Waals surface area contributed by atoms with Gasteiger partial charge in [-0.3, -0.25) is 9.59 Å². The number of nitrogens with one attached hydrogen (secondary N) is 1. The lowest BCUT2D eigenvalue weighted by atomic mass is 10.1. The molecule has 30 heavy (non-hydrogen) atoms. The molecule has 1 heterocycles. The van der Waals surface area contributed by atoms with Crippen molar-refractivity contribution in [3.05, 3.63) is 71.3 Å². The minimum absolute atomic E-state index is 0.0443. The van der Waals surface area contributed by atoms with Gasteiger partial charge in [0.05, 0.1) is 11.6 Å². The topological polar surface area (TPSA) is 75.4 Å². The molecule has 2 aromatic rings. The molecule has 1 saturated heterocycles. The van der Waals surface area contributed by atoms with Crippen LogP contribution >= 0.6 is 0 Å². The summed E-state index contributed by atoms with van der Waals surface area (Å²) in [6, 6.07) is 12.8. The number of benzene rings is 2. The Bertz CT molecular complexity index is 887. The number of amides is 2. The second-order valence-electron chi connectivity index (χ2n) is 7.40. The predicted molar refractivity (Wildman–Crippen MR) is 106 cm³/mol. The molecule has 0 saturated carbocycles. The number of carbonyl (C=O) groups excluding carboxylic acids is 2. The summed E-state index contributed by atoms with van der Waals surface area (Å²) >= 11 is 0. The van der Waals surface area contributed by atoms with Crippen LogP contribution in [0.1, 0.15) is 29.5 Å². The van der Waals surface area contributed by atoms with Crippen molar-refractivity contribution in [3.63, 3.8) is 0 Å². The number of carbonyl (C=O) groups is 2. The third kappa shape index (κ3) is 5.38. The molecule has 160 valence electrons. The molecule has 0 aliphatic carbocycles. The van der Waals surface area contributed by atoms with E-state index in [1.54, 1.807) is 0 Å². The molecule has 2 aromatic carbocycles. The first kappa shape index (κ1) is 21.8. The summed E-state index contributed by atoms with van der Waals surface area (Å²) < 4.78 is 38.5. The fourth-order valence-corrected chi connectivity index (χ4v) is 3.64. The minimum Gasteiger partial charge on any atom is -0.350 e. The molecule has 0 unspecified atom stereocenters. The highest BCUT2D eigenvalue weighted by molar-refractivity contribution is 5.90. The Kier molecular flexibility index (Phi) is 6.77. The molecule has 1 aliphatic rings. The average molecular weight is 419 g/mol. The van der Waals surface area contributed by atoms with Gasteiger partial charge in [0.25, 0.3) is 0 Å². The van der Waals surface area contributed by atoms with Gasteiger partial charge < -0.3 is 16.0 Å². The van der Waals surface area contributed by atoms with Crippen LogP contribution in [0.25, 0.3) is 0 Å². The standard InChI is InChI=1S/C22H24F3N3O2/c23-22(24,25)17-9-4-8-16(12-17)14-27-20(29)19-10-5-11-28(19)21(30)18(26)13-15-6-2-1-3-7-15/h1-4,6-9,12,18-19H,5,10-11,13-14,26H2,(H,27,29)/t18-,19+/m1/s1. The van der Waals surface area contributed by atoms with Crippen LogP contribution in [0.3, 0.4) is 0 Å². The van der Waals surface area contributed by atoms with E-state index >= 15 is 0 Å². The lowest BCUT2D eigenvalue weighted by Crippen LogP contribution is -2.51. The molecule has 5 nitrogen and oxygen atoms in total. The van der Waals surface area contributed by atoms with Gasteiger partial charge in [-0.25, -0.2) is 0 Å². The fourth-order valence-electron chi connectivity index (χ4n) is 3.64. The maximum absolute atomic E-state index is 12.8. The molecule has 0 radical (unpaired) electrons. The van der Waals surface area contributed by atoms with Crippen molar-refractivity contribution in [2.24, 2.45) is 5.73 Å². The van der Waals surface area contributed by atoms with Gasteiger partial charge in [0.2, 0.25) is 11.8 Å². The highest BCUT2D eigenvalue weighted by Crippen LogP contribution is 2.29. The third-order valence-electron chi connectivity index (χ3n) is 5.18. The number of nitrogens with two attached hydrogens (primary N) is 1. The molecule has 3 rings (SSSR count). The summed E-state index contributed by atoms with van der Waals surface area (Å²) in [6.07, 6.45) is -2.90. The van der Waals surface area contributed by atoms with Gasteiger partial charge in [0, 0.05) is 13.1 Å². The van der Waals surface area contributed by atoms with Crippen molar-refractivity contribution in [1.82, 2.24) is 10.2 Å². The smallest absolute Gasteiger partial charge is 0.350 e. The van der Waals surface area contributed by atoms with Crippen LogP contribution in [0.4, 0.5) is 13.2 Å². The number of alkyl halides is 3. The largest absolute Gasteiger partial charge is 0.416 e. The van der Waals surface area contributed by atoms with E-state index in [1.165, 1.54) is 17.0 Å². The average Bonchev–Trinajstić information content (AvgIpc) is 3.21. The fraction of sp³-hybridized carbons (Fsp3) is 0.364. The van der Waals surface area contributed by atoms with Crippen molar-refractivity contribution in [1.29, 1.82) is 0 Å². The highest BCUT2D eigenvalue weighted by atomic mass is 19.4. The first-order valence-corrected chi connectivity index (χ1v) is 9.79. The van der Waals surface area contributed by atoms with E-state index in [0.29, 0.717) is 31.4 Å². The summed E-state index contributed by atoms with van der Waals surface area (Å²) in [4.78, 5) is 26.9. The minimum atomic E-state index is -4.44. The van der Waals surface area contributed by atoms with E-state index in [-0.39, 0.29) is 18.4 Å². The van der Waals surface area contributed by atoms with Crippen molar-refractivity contribution in [3.8, 4) is 0 Å². The van der Waals surface area contributed by atoms with Crippen LogP contribution in [0.15, 0.2) is 54.6 Å². The molecule has 1 fully saturated rings. The van der Waals surface area contributed by atoms with E-state index in [1.807, 2.05) is 30.3 Å². The van der Waals surface area contributed by atoms with E-state index in [4.69, 9.17) is 5.73 Å². The molecule has 8 heteroatoms. The predicted octanol–water partition coefficient (Wildman–Crippen LogP) is 2.88. The second-order valence-corrected chi connectivity index (χ2v) is 7.40. The molecule has 0 spiro atoms. The van der Waals surface area contributed by atoms with E-state index in [2.05, 4.69) is 5.32 Å². The van der Waals surface area contributed by atoms with Crippen LogP contribution < -0.4 is 11.1 Å². The Labute approximate surface area is 173 Å². The Morgan fingerprint density at radius 2 is 1.80 bits per heavy atom. The van der Waals surface area contributed by atoms with Gasteiger partial charge in [-0.05, 0) is 42.5 Å². The molecule has 2 amide bonds. The van der Waals surface area contributed by atoms with Gasteiger partial charge >= 0.3 is 6.18 Å². The maximum Gasteiger partial charge on any atom is 0.416 e. The monoisotopic (exact) mass is 419 g/mol. The second kappa shape index (κ2) is 9.30. The maximum atomic E-state index is 12.8. The first-order chi connectivity index (χ1) is 14.3. The molecule has 0 bridgehead atoms. The summed E-state index contributed by atoms with van der Waals surface area (Å²) in [5.74, 6) is -0.680. The number of hydrogen-bond acceptors (Lipinski definition) is 3. The summed E-state index contributed by atoms with van der Waals surface area (Å²) in [7, 11) is 0. The van der Waals surface area contributed by atoms with Gasteiger partial charge in [-0.1, -0.05) is 42.5 Å². The highest BCUT2D eigenvalue weighted by Gasteiger charge is 2.36. The van der Waals surface area contributed by atoms with Gasteiger partial charge in [-0.2, -0.15) is 13.2 Å². The lowest BCUT2D eigenvalue weighted by molar-refractivity contribution is -0.139. The molecule has 0 aromatic heterocycles. The van der Waals surface area contributed by atoms with Crippen molar-refractivity contribution in [2.75, 3.05) is 6.54 Å². The molecule has 2 atom stereocenters. The Hall–Kier alpha value is -2.87. The number of halogens is 3. The van der Waals surface area contributed by atoms with Crippen molar-refractivity contribution >= 4 is 11.8 Å². The van der Waals surface area contributed by atoms with Gasteiger partial charge in [0.1, 0.15) is 6.04 Å². The molecular formula is C22H24F3N3O2. The number of hydrogen-bond donors (Lipinski definition) is 2. The first-order valence-electron chi connectivity index (χ1n) is 9.79. The third-order valence-corrected chi connectivity index (χ3v) is 5.18. The lowest BCUT2D eigenvalue weighted by Gasteiger charge is -2.27. The van der Waals surface area contributed by atoms with E-state index in [0.717, 1.165) is 17.7 Å². The zero-order valence-corrected chi connectivity index (χ0v) is 16.4. The van der Waals surface area contributed by atoms with Crippen LogP contribution in [-0.2, 0) is 28.7 Å². The molecule has 1 aliphatic heterocycles. The van der Waals surface area contributed by atoms with Crippen LogP contribution in [0.5, 0.6) is 0 Å². The summed E-state index contributed by atoms with van der Waals surface area (Å²) in [5, 5.41) is 2.65. The Balaban J connectivity index is 1.59. The normalized spacial score (nSPS) is 17.6. The van der Waals surface area contributed by atoms with Crippen LogP contribution in [0.2, 0.25) is 0 Å².